The highest BCUT2D eigenvalue weighted by Crippen LogP contribution is 2.64. The molecule has 3 fully saturated rings. The topological polar surface area (TPSA) is 90.4 Å². The highest BCUT2D eigenvalue weighted by Gasteiger charge is 2.79. The summed E-state index contributed by atoms with van der Waals surface area (Å²) in [6.07, 6.45) is 6.24. The van der Waals surface area contributed by atoms with Crippen LogP contribution in [-0.2, 0) is 19.1 Å². The van der Waals surface area contributed by atoms with Crippen LogP contribution in [0, 0.1) is 17.3 Å². The van der Waals surface area contributed by atoms with E-state index in [9.17, 15) is 19.5 Å². The number of nitrogens with zero attached hydrogens (tertiary/aromatic N) is 3. The molecule has 3 aliphatic heterocycles. The summed E-state index contributed by atoms with van der Waals surface area (Å²) in [4.78, 5) is 47.7. The van der Waals surface area contributed by atoms with E-state index in [1.54, 1.807) is 29.0 Å². The number of carbonyl (C=O) groups is 3. The van der Waals surface area contributed by atoms with Crippen LogP contribution in [-0.4, -0.2) is 93.6 Å². The molecular formula is C30H49N3O5. The fourth-order valence-corrected chi connectivity index (χ4v) is 7.68. The van der Waals surface area contributed by atoms with Crippen LogP contribution in [0.15, 0.2) is 25.3 Å². The van der Waals surface area contributed by atoms with Crippen molar-refractivity contribution < 1.29 is 24.2 Å². The largest absolute Gasteiger partial charge is 0.396 e. The predicted octanol–water partition coefficient (Wildman–Crippen LogP) is 3.40. The van der Waals surface area contributed by atoms with E-state index in [4.69, 9.17) is 4.74 Å². The van der Waals surface area contributed by atoms with Gasteiger partial charge in [0.2, 0.25) is 17.7 Å². The van der Waals surface area contributed by atoms with E-state index in [0.717, 1.165) is 6.42 Å². The fourth-order valence-electron chi connectivity index (χ4n) is 7.68. The molecule has 0 aliphatic carbocycles. The van der Waals surface area contributed by atoms with Crippen LogP contribution in [0.25, 0.3) is 0 Å². The first-order chi connectivity index (χ1) is 17.7. The van der Waals surface area contributed by atoms with Crippen LogP contribution in [0.2, 0.25) is 0 Å². The highest BCUT2D eigenvalue weighted by molar-refractivity contribution is 5.99. The second-order valence-electron chi connectivity index (χ2n) is 13.2. The molecule has 0 radical (unpaired) electrons. The van der Waals surface area contributed by atoms with Crippen LogP contribution >= 0.6 is 0 Å². The number of hydrogen-bond acceptors (Lipinski definition) is 5. The summed E-state index contributed by atoms with van der Waals surface area (Å²) in [5, 5.41) is 9.62. The SMILES string of the molecule is C=CCN(C)C(=O)[C@H]1[C@H]2C(=O)N(CCCO)C(C(=O)N(CC=C)C(C)(C)CC(C)(C)C)C23CC[C@]1(CC)O3. The van der Waals surface area contributed by atoms with E-state index < -0.39 is 34.6 Å². The molecule has 0 aromatic heterocycles. The molecule has 3 amide bonds. The van der Waals surface area contributed by atoms with Crippen molar-refractivity contribution in [2.75, 3.05) is 33.3 Å². The van der Waals surface area contributed by atoms with Crippen LogP contribution in [0.5, 0.6) is 0 Å². The first-order valence-electron chi connectivity index (χ1n) is 14.1. The zero-order valence-electron chi connectivity index (χ0n) is 24.6. The molecule has 0 aromatic rings. The summed E-state index contributed by atoms with van der Waals surface area (Å²) in [6.45, 7) is 21.1. The number of aliphatic hydroxyl groups excluding tert-OH is 1. The van der Waals surface area contributed by atoms with Crippen molar-refractivity contribution in [1.29, 1.82) is 0 Å². The molecule has 38 heavy (non-hydrogen) atoms. The Hall–Kier alpha value is -2.19. The first kappa shape index (κ1) is 30.4. The monoisotopic (exact) mass is 531 g/mol. The number of likely N-dealkylation sites (N-methyl/N-ethyl adjacent to an activating group) is 1. The summed E-state index contributed by atoms with van der Waals surface area (Å²) >= 11 is 0. The predicted molar refractivity (Wildman–Crippen MR) is 148 cm³/mol. The third kappa shape index (κ3) is 4.94. The molecule has 8 nitrogen and oxygen atoms in total. The lowest BCUT2D eigenvalue weighted by Gasteiger charge is -2.45. The minimum Gasteiger partial charge on any atom is -0.396 e. The summed E-state index contributed by atoms with van der Waals surface area (Å²) in [6, 6.07) is -0.860. The number of aliphatic hydroxyl groups is 1. The molecule has 2 unspecified atom stereocenters. The van der Waals surface area contributed by atoms with Gasteiger partial charge in [-0.15, -0.1) is 13.2 Å². The molecule has 3 aliphatic rings. The molecule has 0 saturated carbocycles. The number of carbonyl (C=O) groups excluding carboxylic acids is 3. The Morgan fingerprint density at radius 1 is 1.13 bits per heavy atom. The summed E-state index contributed by atoms with van der Waals surface area (Å²) < 4.78 is 6.87. The minimum absolute atomic E-state index is 0.0338. The van der Waals surface area contributed by atoms with Gasteiger partial charge < -0.3 is 24.5 Å². The van der Waals surface area contributed by atoms with Crippen LogP contribution in [0.4, 0.5) is 0 Å². The molecule has 3 heterocycles. The molecule has 5 atom stereocenters. The van der Waals surface area contributed by atoms with Gasteiger partial charge in [-0.3, -0.25) is 14.4 Å². The van der Waals surface area contributed by atoms with Crippen molar-refractivity contribution in [1.82, 2.24) is 14.7 Å². The normalized spacial score (nSPS) is 30.4. The number of hydrogen-bond donors (Lipinski definition) is 1. The summed E-state index contributed by atoms with van der Waals surface area (Å²) in [5.74, 6) is -1.93. The zero-order chi connectivity index (χ0) is 28.7. The van der Waals surface area contributed by atoms with Gasteiger partial charge in [-0.2, -0.15) is 0 Å². The van der Waals surface area contributed by atoms with Gasteiger partial charge in [-0.05, 0) is 51.4 Å². The summed E-state index contributed by atoms with van der Waals surface area (Å²) in [7, 11) is 1.72. The first-order valence-corrected chi connectivity index (χ1v) is 14.1. The quantitative estimate of drug-likeness (QED) is 0.390. The number of amides is 3. The second-order valence-corrected chi connectivity index (χ2v) is 13.2. The van der Waals surface area contributed by atoms with E-state index in [-0.39, 0.29) is 36.3 Å². The van der Waals surface area contributed by atoms with E-state index in [1.807, 2.05) is 11.8 Å². The Morgan fingerprint density at radius 3 is 2.29 bits per heavy atom. The average Bonchev–Trinajstić information content (AvgIpc) is 3.42. The third-order valence-electron chi connectivity index (χ3n) is 8.79. The lowest BCUT2D eigenvalue weighted by atomic mass is 9.64. The molecule has 8 heteroatoms. The number of rotatable bonds is 12. The van der Waals surface area contributed by atoms with Crippen molar-refractivity contribution >= 4 is 17.7 Å². The van der Waals surface area contributed by atoms with Crippen molar-refractivity contribution in [2.45, 2.75) is 96.4 Å². The maximum Gasteiger partial charge on any atom is 0.249 e. The molecule has 3 saturated heterocycles. The van der Waals surface area contributed by atoms with Gasteiger partial charge in [-0.25, -0.2) is 0 Å². The van der Waals surface area contributed by atoms with Gasteiger partial charge in [0.25, 0.3) is 0 Å². The second kappa shape index (κ2) is 10.8. The Kier molecular flexibility index (Phi) is 8.60. The summed E-state index contributed by atoms with van der Waals surface area (Å²) in [5.41, 5.74) is -2.40. The van der Waals surface area contributed by atoms with E-state index in [2.05, 4.69) is 47.8 Å². The van der Waals surface area contributed by atoms with E-state index in [0.29, 0.717) is 38.8 Å². The van der Waals surface area contributed by atoms with Gasteiger partial charge in [-0.1, -0.05) is 39.8 Å². The van der Waals surface area contributed by atoms with E-state index >= 15 is 0 Å². The number of fused-ring (bicyclic) bond motifs is 1. The molecule has 3 rings (SSSR count). The average molecular weight is 532 g/mol. The lowest BCUT2D eigenvalue weighted by molar-refractivity contribution is -0.158. The third-order valence-corrected chi connectivity index (χ3v) is 8.79. The Morgan fingerprint density at radius 2 is 1.76 bits per heavy atom. The molecule has 2 bridgehead atoms. The maximum absolute atomic E-state index is 14.7. The van der Waals surface area contributed by atoms with Gasteiger partial charge >= 0.3 is 0 Å². The molecule has 0 aromatic carbocycles. The lowest BCUT2D eigenvalue weighted by Crippen LogP contribution is -2.61. The van der Waals surface area contributed by atoms with Crippen LogP contribution < -0.4 is 0 Å². The van der Waals surface area contributed by atoms with Crippen molar-refractivity contribution in [3.63, 3.8) is 0 Å². The van der Waals surface area contributed by atoms with Gasteiger partial charge in [0, 0.05) is 38.8 Å². The van der Waals surface area contributed by atoms with Gasteiger partial charge in [0.15, 0.2) is 0 Å². The molecule has 1 N–H and O–H groups in total. The van der Waals surface area contributed by atoms with Crippen LogP contribution in [0.3, 0.4) is 0 Å². The maximum atomic E-state index is 14.7. The van der Waals surface area contributed by atoms with Gasteiger partial charge in [0.05, 0.1) is 17.4 Å². The standard InChI is InChI=1S/C30H49N3O5/c1-10-16-31(9)24(35)21-22-25(36)32(18-13-19-34)23(30(22)15-14-29(21,12-3)38-30)26(37)33(17-11-2)28(7,8)20-27(4,5)6/h10-11,21-23,34H,1-2,12-20H2,3-9H3/t21-,22+,23?,29+,30?/m1/s1. The smallest absolute Gasteiger partial charge is 0.249 e. The Labute approximate surface area is 229 Å². The molecule has 1 spiro atoms. The van der Waals surface area contributed by atoms with Gasteiger partial charge in [0.1, 0.15) is 11.6 Å². The number of ether oxygens (including phenoxy) is 1. The molecule has 214 valence electrons. The Balaban J connectivity index is 2.13. The minimum atomic E-state index is -1.08. The van der Waals surface area contributed by atoms with Crippen molar-refractivity contribution in [3.05, 3.63) is 25.3 Å². The zero-order valence-corrected chi connectivity index (χ0v) is 24.6. The van der Waals surface area contributed by atoms with E-state index in [1.165, 1.54) is 0 Å². The van der Waals surface area contributed by atoms with Crippen LogP contribution in [0.1, 0.15) is 73.6 Å². The fraction of sp³-hybridized carbons (Fsp3) is 0.767. The highest BCUT2D eigenvalue weighted by atomic mass is 16.5. The van der Waals surface area contributed by atoms with Crippen molar-refractivity contribution in [2.24, 2.45) is 17.3 Å². The Bertz CT molecular complexity index is 956. The number of likely N-dealkylation sites (tertiary alicyclic amines) is 1. The van der Waals surface area contributed by atoms with Crippen molar-refractivity contribution in [3.8, 4) is 0 Å². The molecular weight excluding hydrogens is 482 g/mol.